The van der Waals surface area contributed by atoms with E-state index in [4.69, 9.17) is 10.8 Å². The zero-order valence-electron chi connectivity index (χ0n) is 4.24. The average molecular weight is 136 g/mol. The molecule has 0 aliphatic carbocycles. The van der Waals surface area contributed by atoms with Gasteiger partial charge in [0.05, 0.1) is 13.2 Å². The second kappa shape index (κ2) is 3.57. The summed E-state index contributed by atoms with van der Waals surface area (Å²) >= 11 is 3.60. The third-order valence-corrected chi connectivity index (χ3v) is 0.963. The van der Waals surface area contributed by atoms with Gasteiger partial charge in [0, 0.05) is 0 Å². The molecule has 0 aliphatic heterocycles. The quantitative estimate of drug-likeness (QED) is 0.435. The number of aliphatic hydroxyl groups excluding tert-OH is 1. The van der Waals surface area contributed by atoms with Crippen molar-refractivity contribution < 1.29 is 9.90 Å². The van der Waals surface area contributed by atoms with Gasteiger partial charge in [-0.05, 0) is 0 Å². The van der Waals surface area contributed by atoms with E-state index in [1.165, 1.54) is 0 Å². The number of thiol groups is 1. The van der Waals surface area contributed by atoms with E-state index in [0.717, 1.165) is 4.31 Å². The number of primary amides is 1. The van der Waals surface area contributed by atoms with Crippen molar-refractivity contribution >= 4 is 18.8 Å². The summed E-state index contributed by atoms with van der Waals surface area (Å²) in [4.78, 5) is 10.0. The molecule has 0 aromatic carbocycles. The van der Waals surface area contributed by atoms with Crippen LogP contribution in [0, 0.1) is 0 Å². The molecule has 0 saturated carbocycles. The minimum Gasteiger partial charge on any atom is -0.394 e. The number of rotatable bonds is 2. The van der Waals surface area contributed by atoms with Crippen molar-refractivity contribution in [3.63, 3.8) is 0 Å². The first kappa shape index (κ1) is 7.58. The maximum Gasteiger partial charge on any atom is 0.324 e. The molecule has 2 amide bonds. The fourth-order valence-electron chi connectivity index (χ4n) is 0.205. The predicted octanol–water partition coefficient (Wildman–Crippen LogP) is -0.796. The molecule has 0 heterocycles. The molecule has 0 unspecified atom stereocenters. The number of hydrogen-bond donors (Lipinski definition) is 3. The van der Waals surface area contributed by atoms with Gasteiger partial charge in [0.15, 0.2) is 0 Å². The van der Waals surface area contributed by atoms with Crippen molar-refractivity contribution in [1.29, 1.82) is 0 Å². The van der Waals surface area contributed by atoms with Gasteiger partial charge in [-0.15, -0.1) is 0 Å². The van der Waals surface area contributed by atoms with E-state index in [9.17, 15) is 4.79 Å². The number of nitrogens with zero attached hydrogens (tertiary/aromatic N) is 1. The number of amides is 2. The molecule has 0 aromatic rings. The Morgan fingerprint density at radius 1 is 1.88 bits per heavy atom. The van der Waals surface area contributed by atoms with Gasteiger partial charge in [0.2, 0.25) is 0 Å². The van der Waals surface area contributed by atoms with Crippen LogP contribution in [-0.2, 0) is 0 Å². The Morgan fingerprint density at radius 3 is 2.50 bits per heavy atom. The first-order chi connectivity index (χ1) is 3.68. The SMILES string of the molecule is NC(=O)N(S)CCO. The highest BCUT2D eigenvalue weighted by molar-refractivity contribution is 7.78. The molecule has 0 rings (SSSR count). The minimum atomic E-state index is -0.651. The Hall–Kier alpha value is -0.420. The smallest absolute Gasteiger partial charge is 0.324 e. The molecule has 0 aliphatic rings. The molecule has 0 aromatic heterocycles. The number of hydrogen-bond acceptors (Lipinski definition) is 3. The van der Waals surface area contributed by atoms with Crippen LogP contribution in [0.25, 0.3) is 0 Å². The van der Waals surface area contributed by atoms with E-state index in [0.29, 0.717) is 0 Å². The van der Waals surface area contributed by atoms with Crippen molar-refractivity contribution in [1.82, 2.24) is 4.31 Å². The van der Waals surface area contributed by atoms with Gasteiger partial charge in [0.1, 0.15) is 0 Å². The minimum absolute atomic E-state index is 0.119. The molecule has 8 heavy (non-hydrogen) atoms. The predicted molar refractivity (Wildman–Crippen MR) is 32.4 cm³/mol. The van der Waals surface area contributed by atoms with Gasteiger partial charge in [-0.1, -0.05) is 12.8 Å². The van der Waals surface area contributed by atoms with E-state index in [-0.39, 0.29) is 13.2 Å². The van der Waals surface area contributed by atoms with Crippen molar-refractivity contribution in [2.45, 2.75) is 0 Å². The summed E-state index contributed by atoms with van der Waals surface area (Å²) in [5.41, 5.74) is 4.72. The molecule has 0 radical (unpaired) electrons. The third kappa shape index (κ3) is 2.70. The lowest BCUT2D eigenvalue weighted by atomic mass is 10.7. The van der Waals surface area contributed by atoms with Crippen molar-refractivity contribution in [3.8, 4) is 0 Å². The standard InChI is InChI=1S/C3H8N2O2S/c4-3(7)5(8)1-2-6/h6,8H,1-2H2,(H2,4,7). The van der Waals surface area contributed by atoms with Crippen LogP contribution in [0.3, 0.4) is 0 Å². The van der Waals surface area contributed by atoms with Crippen LogP contribution < -0.4 is 5.73 Å². The lowest BCUT2D eigenvalue weighted by molar-refractivity contribution is 0.221. The number of aliphatic hydroxyl groups is 1. The highest BCUT2D eigenvalue weighted by atomic mass is 32.1. The lowest BCUT2D eigenvalue weighted by Gasteiger charge is -2.08. The zero-order chi connectivity index (χ0) is 6.57. The largest absolute Gasteiger partial charge is 0.394 e. The molecule has 4 nitrogen and oxygen atoms in total. The van der Waals surface area contributed by atoms with E-state index in [1.54, 1.807) is 0 Å². The first-order valence-corrected chi connectivity index (χ1v) is 2.45. The van der Waals surface area contributed by atoms with Gasteiger partial charge < -0.3 is 10.8 Å². The van der Waals surface area contributed by atoms with Crippen LogP contribution in [0.2, 0.25) is 0 Å². The summed E-state index contributed by atoms with van der Waals surface area (Å²) in [5, 5.41) is 8.19. The summed E-state index contributed by atoms with van der Waals surface area (Å²) in [6, 6.07) is -0.651. The van der Waals surface area contributed by atoms with E-state index < -0.39 is 6.03 Å². The number of carbonyl (C=O) groups is 1. The van der Waals surface area contributed by atoms with Gasteiger partial charge in [-0.2, -0.15) is 0 Å². The molecule has 0 saturated heterocycles. The number of urea groups is 1. The van der Waals surface area contributed by atoms with E-state index in [1.807, 2.05) is 0 Å². The summed E-state index contributed by atoms with van der Waals surface area (Å²) in [7, 11) is 0. The molecule has 48 valence electrons. The second-order valence-electron chi connectivity index (χ2n) is 1.18. The van der Waals surface area contributed by atoms with Crippen LogP contribution in [0.1, 0.15) is 0 Å². The monoisotopic (exact) mass is 136 g/mol. The van der Waals surface area contributed by atoms with Crippen LogP contribution >= 0.6 is 12.8 Å². The van der Waals surface area contributed by atoms with Gasteiger partial charge in [0.25, 0.3) is 0 Å². The highest BCUT2D eigenvalue weighted by Gasteiger charge is 1.99. The Morgan fingerprint density at radius 2 is 2.38 bits per heavy atom. The highest BCUT2D eigenvalue weighted by Crippen LogP contribution is 1.88. The number of nitrogens with two attached hydrogens (primary N) is 1. The lowest BCUT2D eigenvalue weighted by Crippen LogP contribution is -2.29. The fourth-order valence-corrected chi connectivity index (χ4v) is 0.294. The van der Waals surface area contributed by atoms with Gasteiger partial charge >= 0.3 is 6.03 Å². The van der Waals surface area contributed by atoms with Crippen molar-refractivity contribution in [3.05, 3.63) is 0 Å². The summed E-state index contributed by atoms with van der Waals surface area (Å²) in [6.07, 6.45) is 0. The molecule has 3 N–H and O–H groups in total. The Bertz CT molecular complexity index is 87.4. The first-order valence-electron chi connectivity index (χ1n) is 2.05. The third-order valence-electron chi connectivity index (χ3n) is 0.566. The van der Waals surface area contributed by atoms with Crippen molar-refractivity contribution in [2.24, 2.45) is 5.73 Å². The molecule has 0 spiro atoms. The average Bonchev–Trinajstić information content (AvgIpc) is 1.67. The topological polar surface area (TPSA) is 66.6 Å². The maximum atomic E-state index is 10.0. The van der Waals surface area contributed by atoms with E-state index in [2.05, 4.69) is 12.8 Å². The van der Waals surface area contributed by atoms with Gasteiger partial charge in [-0.3, -0.25) is 4.31 Å². The van der Waals surface area contributed by atoms with Gasteiger partial charge in [-0.25, -0.2) is 4.79 Å². The second-order valence-corrected chi connectivity index (χ2v) is 1.67. The maximum absolute atomic E-state index is 10.0. The molecule has 5 heteroatoms. The normalized spacial score (nSPS) is 8.75. The van der Waals surface area contributed by atoms with E-state index >= 15 is 0 Å². The van der Waals surface area contributed by atoms with Crippen LogP contribution in [-0.4, -0.2) is 28.6 Å². The summed E-state index contributed by atoms with van der Waals surface area (Å²) in [6.45, 7) is 0.0465. The summed E-state index contributed by atoms with van der Waals surface area (Å²) in [5.74, 6) is 0. The number of carbonyl (C=O) groups excluding carboxylic acids is 1. The Labute approximate surface area is 52.8 Å². The Balaban J connectivity index is 3.32. The molecule has 0 bridgehead atoms. The summed E-state index contributed by atoms with van der Waals surface area (Å²) < 4.78 is 0.931. The zero-order valence-corrected chi connectivity index (χ0v) is 5.14. The molecule has 0 atom stereocenters. The molecular weight excluding hydrogens is 128 g/mol. The van der Waals surface area contributed by atoms with Crippen LogP contribution in [0.15, 0.2) is 0 Å². The van der Waals surface area contributed by atoms with Crippen LogP contribution in [0.5, 0.6) is 0 Å². The fraction of sp³-hybridized carbons (Fsp3) is 0.667. The molecular formula is C3H8N2O2S. The molecule has 0 fully saturated rings. The Kier molecular flexibility index (Phi) is 3.38. The van der Waals surface area contributed by atoms with Crippen LogP contribution in [0.4, 0.5) is 4.79 Å². The van der Waals surface area contributed by atoms with Crippen molar-refractivity contribution in [2.75, 3.05) is 13.2 Å².